The highest BCUT2D eigenvalue weighted by Crippen LogP contribution is 2.40. The molecule has 2 atom stereocenters. The molecule has 29 heavy (non-hydrogen) atoms. The lowest BCUT2D eigenvalue weighted by Crippen LogP contribution is -2.48. The zero-order valence-corrected chi connectivity index (χ0v) is 16.6. The molecule has 1 fully saturated rings. The number of Topliss-reactive ketones (excluding diaryl/α,β-unsaturated/α-hetero) is 2. The van der Waals surface area contributed by atoms with E-state index < -0.39 is 0 Å². The number of carbonyl (C=O) groups is 2. The van der Waals surface area contributed by atoms with Crippen molar-refractivity contribution in [2.75, 3.05) is 20.1 Å². The molecule has 3 aromatic rings. The fourth-order valence-electron chi connectivity index (χ4n) is 4.52. The standard InChI is InChI=1S/C26H25NO2/c1-27-17-22(25(28)20-13-7-3-8-14-20)24(19-11-5-2-6-12-19)23(18-27)26(29)21-15-9-4-10-16-21/h2-16,22-24H,17-18H2,1H3/t22-,23-/m0/s1. The minimum atomic E-state index is -0.267. The summed E-state index contributed by atoms with van der Waals surface area (Å²) in [4.78, 5) is 29.1. The van der Waals surface area contributed by atoms with Gasteiger partial charge in [-0.3, -0.25) is 9.59 Å². The molecule has 0 N–H and O–H groups in total. The molecule has 1 aliphatic heterocycles. The number of nitrogens with zero attached hydrogens (tertiary/aromatic N) is 1. The normalized spacial score (nSPS) is 20.3. The van der Waals surface area contributed by atoms with E-state index in [0.29, 0.717) is 24.2 Å². The number of hydrogen-bond acceptors (Lipinski definition) is 3. The molecule has 4 rings (SSSR count). The number of benzene rings is 3. The van der Waals surface area contributed by atoms with Gasteiger partial charge < -0.3 is 4.90 Å². The lowest BCUT2D eigenvalue weighted by atomic mass is 9.69. The van der Waals surface area contributed by atoms with Crippen LogP contribution in [0.15, 0.2) is 91.0 Å². The Labute approximate surface area is 172 Å². The van der Waals surface area contributed by atoms with E-state index in [9.17, 15) is 9.59 Å². The van der Waals surface area contributed by atoms with Crippen LogP contribution in [0.25, 0.3) is 0 Å². The Morgan fingerprint density at radius 1 is 0.655 bits per heavy atom. The van der Waals surface area contributed by atoms with E-state index in [1.54, 1.807) is 0 Å². The summed E-state index contributed by atoms with van der Waals surface area (Å²) < 4.78 is 0. The lowest BCUT2D eigenvalue weighted by molar-refractivity contribution is 0.0624. The van der Waals surface area contributed by atoms with Crippen LogP contribution < -0.4 is 0 Å². The van der Waals surface area contributed by atoms with Crippen LogP contribution in [0.2, 0.25) is 0 Å². The molecule has 3 aromatic carbocycles. The third kappa shape index (κ3) is 4.06. The Bertz CT molecular complexity index is 908. The predicted octanol–water partition coefficient (Wildman–Crippen LogP) is 4.71. The average molecular weight is 383 g/mol. The Hall–Kier alpha value is -3.04. The van der Waals surface area contributed by atoms with Crippen molar-refractivity contribution in [3.63, 3.8) is 0 Å². The third-order valence-electron chi connectivity index (χ3n) is 5.86. The quantitative estimate of drug-likeness (QED) is 0.599. The van der Waals surface area contributed by atoms with E-state index >= 15 is 0 Å². The van der Waals surface area contributed by atoms with Crippen molar-refractivity contribution in [2.24, 2.45) is 11.8 Å². The van der Waals surface area contributed by atoms with Crippen molar-refractivity contribution in [1.82, 2.24) is 4.90 Å². The molecule has 146 valence electrons. The van der Waals surface area contributed by atoms with E-state index in [0.717, 1.165) is 5.56 Å². The second-order valence-corrected chi connectivity index (χ2v) is 7.83. The molecule has 3 nitrogen and oxygen atoms in total. The Morgan fingerprint density at radius 3 is 1.45 bits per heavy atom. The molecule has 0 amide bonds. The monoisotopic (exact) mass is 383 g/mol. The van der Waals surface area contributed by atoms with Gasteiger partial charge in [0.2, 0.25) is 0 Å². The first kappa shape index (κ1) is 19.3. The molecular weight excluding hydrogens is 358 g/mol. The van der Waals surface area contributed by atoms with Crippen LogP contribution >= 0.6 is 0 Å². The van der Waals surface area contributed by atoms with Crippen molar-refractivity contribution in [2.45, 2.75) is 5.92 Å². The van der Waals surface area contributed by atoms with Crippen LogP contribution in [0.5, 0.6) is 0 Å². The van der Waals surface area contributed by atoms with Crippen LogP contribution in [0.4, 0.5) is 0 Å². The maximum absolute atomic E-state index is 13.5. The second kappa shape index (κ2) is 8.54. The van der Waals surface area contributed by atoms with Crippen LogP contribution in [-0.2, 0) is 0 Å². The highest BCUT2D eigenvalue weighted by Gasteiger charge is 2.43. The lowest BCUT2D eigenvalue weighted by Gasteiger charge is -2.41. The van der Waals surface area contributed by atoms with E-state index in [1.165, 1.54) is 0 Å². The third-order valence-corrected chi connectivity index (χ3v) is 5.86. The number of likely N-dealkylation sites (tertiary alicyclic amines) is 1. The predicted molar refractivity (Wildman–Crippen MR) is 115 cm³/mol. The summed E-state index contributed by atoms with van der Waals surface area (Å²) in [6.45, 7) is 1.29. The summed E-state index contributed by atoms with van der Waals surface area (Å²) >= 11 is 0. The molecule has 0 bridgehead atoms. The van der Waals surface area contributed by atoms with Gasteiger partial charge in [-0.2, -0.15) is 0 Å². The van der Waals surface area contributed by atoms with Gasteiger partial charge in [0.05, 0.1) is 0 Å². The van der Waals surface area contributed by atoms with Gasteiger partial charge >= 0.3 is 0 Å². The molecule has 0 aromatic heterocycles. The maximum atomic E-state index is 13.5. The smallest absolute Gasteiger partial charge is 0.167 e. The summed E-state index contributed by atoms with van der Waals surface area (Å²) in [6.07, 6.45) is 0. The van der Waals surface area contributed by atoms with Crippen molar-refractivity contribution < 1.29 is 9.59 Å². The zero-order valence-electron chi connectivity index (χ0n) is 16.6. The van der Waals surface area contributed by atoms with Gasteiger partial charge in [0.25, 0.3) is 0 Å². The number of ketones is 2. The van der Waals surface area contributed by atoms with Crippen LogP contribution in [0.1, 0.15) is 32.2 Å². The van der Waals surface area contributed by atoms with Crippen LogP contribution in [-0.4, -0.2) is 36.6 Å². The number of rotatable bonds is 5. The first-order valence-electron chi connectivity index (χ1n) is 10.1. The number of piperidine rings is 1. The number of hydrogen-bond donors (Lipinski definition) is 0. The minimum Gasteiger partial charge on any atom is -0.305 e. The van der Waals surface area contributed by atoms with E-state index in [-0.39, 0.29) is 29.3 Å². The highest BCUT2D eigenvalue weighted by molar-refractivity contribution is 6.02. The van der Waals surface area contributed by atoms with Gasteiger partial charge in [-0.15, -0.1) is 0 Å². The van der Waals surface area contributed by atoms with Gasteiger partial charge in [0.1, 0.15) is 0 Å². The Balaban J connectivity index is 1.77. The molecule has 1 saturated heterocycles. The topological polar surface area (TPSA) is 37.4 Å². The van der Waals surface area contributed by atoms with Crippen LogP contribution in [0.3, 0.4) is 0 Å². The van der Waals surface area contributed by atoms with E-state index in [4.69, 9.17) is 0 Å². The molecule has 1 aliphatic rings. The fourth-order valence-corrected chi connectivity index (χ4v) is 4.52. The summed E-state index contributed by atoms with van der Waals surface area (Å²) in [5.41, 5.74) is 2.48. The zero-order chi connectivity index (χ0) is 20.2. The molecule has 0 saturated carbocycles. The molecule has 0 spiro atoms. The first-order valence-corrected chi connectivity index (χ1v) is 10.1. The summed E-state index contributed by atoms with van der Waals surface area (Å²) in [5, 5.41) is 0. The number of carbonyl (C=O) groups excluding carboxylic acids is 2. The van der Waals surface area contributed by atoms with Crippen molar-refractivity contribution >= 4 is 11.6 Å². The maximum Gasteiger partial charge on any atom is 0.167 e. The average Bonchev–Trinajstić information content (AvgIpc) is 2.79. The molecule has 0 aliphatic carbocycles. The Morgan fingerprint density at radius 2 is 1.03 bits per heavy atom. The first-order chi connectivity index (χ1) is 14.1. The van der Waals surface area contributed by atoms with Crippen molar-refractivity contribution in [1.29, 1.82) is 0 Å². The Kier molecular flexibility index (Phi) is 5.68. The summed E-state index contributed by atoms with van der Waals surface area (Å²) in [5.74, 6) is -0.464. The molecule has 0 unspecified atom stereocenters. The second-order valence-electron chi connectivity index (χ2n) is 7.83. The molecule has 0 radical (unpaired) electrons. The molecule has 3 heteroatoms. The van der Waals surface area contributed by atoms with Gasteiger partial charge in [-0.1, -0.05) is 91.0 Å². The highest BCUT2D eigenvalue weighted by atomic mass is 16.1. The largest absolute Gasteiger partial charge is 0.305 e. The van der Waals surface area contributed by atoms with E-state index in [2.05, 4.69) is 4.90 Å². The van der Waals surface area contributed by atoms with Crippen LogP contribution in [0, 0.1) is 11.8 Å². The summed E-state index contributed by atoms with van der Waals surface area (Å²) in [7, 11) is 2.00. The van der Waals surface area contributed by atoms with Gasteiger partial charge in [0, 0.05) is 42.0 Å². The SMILES string of the molecule is CN1C[C@H](C(=O)c2ccccc2)C(c2ccccc2)[C@@H](C(=O)c2ccccc2)C1. The molecular formula is C26H25NO2. The van der Waals surface area contributed by atoms with E-state index in [1.807, 2.05) is 98.0 Å². The van der Waals surface area contributed by atoms with Gasteiger partial charge in [0.15, 0.2) is 11.6 Å². The van der Waals surface area contributed by atoms with Crippen molar-refractivity contribution in [3.8, 4) is 0 Å². The minimum absolute atomic E-state index is 0.108. The van der Waals surface area contributed by atoms with Gasteiger partial charge in [-0.05, 0) is 12.6 Å². The summed E-state index contributed by atoms with van der Waals surface area (Å²) in [6, 6.07) is 28.9. The van der Waals surface area contributed by atoms with Crippen molar-refractivity contribution in [3.05, 3.63) is 108 Å². The molecule has 1 heterocycles. The van der Waals surface area contributed by atoms with Gasteiger partial charge in [-0.25, -0.2) is 0 Å². The fraction of sp³-hybridized carbons (Fsp3) is 0.231.